The zero-order valence-corrected chi connectivity index (χ0v) is 14.4. The Kier molecular flexibility index (Phi) is 4.27. The van der Waals surface area contributed by atoms with Gasteiger partial charge in [0, 0.05) is 30.5 Å². The summed E-state index contributed by atoms with van der Waals surface area (Å²) in [5, 5.41) is 30.0. The van der Waals surface area contributed by atoms with Crippen molar-refractivity contribution >= 4 is 11.6 Å². The molecule has 0 radical (unpaired) electrons. The van der Waals surface area contributed by atoms with Crippen molar-refractivity contribution in [3.8, 4) is 18.2 Å². The third-order valence-electron chi connectivity index (χ3n) is 5.13. The van der Waals surface area contributed by atoms with Gasteiger partial charge in [0.05, 0.1) is 29.8 Å². The molecule has 25 heavy (non-hydrogen) atoms. The summed E-state index contributed by atoms with van der Waals surface area (Å²) in [6.45, 7) is 0.574. The number of nitrogens with two attached hydrogens (primary N) is 1. The van der Waals surface area contributed by atoms with Crippen molar-refractivity contribution in [1.82, 2.24) is 4.90 Å². The van der Waals surface area contributed by atoms with E-state index in [0.29, 0.717) is 22.7 Å². The lowest BCUT2D eigenvalue weighted by Gasteiger charge is -2.46. The molecular formula is C19H16ClN5. The van der Waals surface area contributed by atoms with E-state index in [0.717, 1.165) is 5.57 Å². The second-order valence-corrected chi connectivity index (χ2v) is 6.82. The van der Waals surface area contributed by atoms with E-state index in [1.807, 2.05) is 36.4 Å². The first-order chi connectivity index (χ1) is 12.0. The molecule has 0 saturated heterocycles. The standard InChI is InChI=1S/C19H16ClN5/c1-25-7-6-12-14(8-21)18(24)19(10-22,11-23)17(15(12)9-25)13-4-2-3-5-16(13)20/h2-7,15,17-18H,9,24H2,1H3/t15-,17-,18+/m0/s1. The third-order valence-corrected chi connectivity index (χ3v) is 5.47. The fraction of sp³-hybridized carbons (Fsp3) is 0.316. The van der Waals surface area contributed by atoms with Crippen molar-refractivity contribution in [3.63, 3.8) is 0 Å². The topological polar surface area (TPSA) is 101 Å². The highest BCUT2D eigenvalue weighted by molar-refractivity contribution is 6.31. The summed E-state index contributed by atoms with van der Waals surface area (Å²) in [6, 6.07) is 12.6. The molecule has 1 aromatic carbocycles. The minimum atomic E-state index is -1.56. The smallest absolute Gasteiger partial charge is 0.171 e. The quantitative estimate of drug-likeness (QED) is 0.840. The summed E-state index contributed by atoms with van der Waals surface area (Å²) >= 11 is 6.41. The summed E-state index contributed by atoms with van der Waals surface area (Å²) in [4.78, 5) is 1.98. The van der Waals surface area contributed by atoms with Gasteiger partial charge in [-0.15, -0.1) is 0 Å². The van der Waals surface area contributed by atoms with Crippen LogP contribution >= 0.6 is 11.6 Å². The fourth-order valence-electron chi connectivity index (χ4n) is 3.92. The zero-order chi connectivity index (χ0) is 18.2. The summed E-state index contributed by atoms with van der Waals surface area (Å²) < 4.78 is 0. The monoisotopic (exact) mass is 349 g/mol. The van der Waals surface area contributed by atoms with E-state index in [-0.39, 0.29) is 5.92 Å². The maximum atomic E-state index is 9.94. The number of nitriles is 3. The van der Waals surface area contributed by atoms with Crippen LogP contribution in [0.15, 0.2) is 47.7 Å². The molecule has 0 saturated carbocycles. The van der Waals surface area contributed by atoms with E-state index in [2.05, 4.69) is 18.2 Å². The Morgan fingerprint density at radius 1 is 1.24 bits per heavy atom. The largest absolute Gasteiger partial charge is 0.380 e. The van der Waals surface area contributed by atoms with Crippen LogP contribution < -0.4 is 5.73 Å². The van der Waals surface area contributed by atoms with Crippen molar-refractivity contribution < 1.29 is 0 Å². The molecule has 0 fully saturated rings. The van der Waals surface area contributed by atoms with Gasteiger partial charge in [-0.25, -0.2) is 0 Å². The third kappa shape index (κ3) is 2.39. The Hall–Kier alpha value is -2.78. The van der Waals surface area contributed by atoms with Crippen molar-refractivity contribution in [1.29, 1.82) is 15.8 Å². The average molecular weight is 350 g/mol. The molecule has 1 heterocycles. The van der Waals surface area contributed by atoms with Crippen molar-refractivity contribution in [2.75, 3.05) is 13.6 Å². The van der Waals surface area contributed by atoms with E-state index in [4.69, 9.17) is 17.3 Å². The molecule has 0 aromatic heterocycles. The lowest BCUT2D eigenvalue weighted by Crippen LogP contribution is -2.53. The van der Waals surface area contributed by atoms with Gasteiger partial charge in [-0.3, -0.25) is 0 Å². The van der Waals surface area contributed by atoms with Crippen LogP contribution in [0.1, 0.15) is 11.5 Å². The Labute approximate surface area is 151 Å². The van der Waals surface area contributed by atoms with E-state index in [1.165, 1.54) is 0 Å². The molecule has 0 bridgehead atoms. The van der Waals surface area contributed by atoms with Crippen LogP contribution in [0, 0.1) is 45.3 Å². The van der Waals surface area contributed by atoms with Crippen molar-refractivity contribution in [2.45, 2.75) is 12.0 Å². The van der Waals surface area contributed by atoms with Gasteiger partial charge < -0.3 is 10.6 Å². The van der Waals surface area contributed by atoms with Gasteiger partial charge in [-0.05, 0) is 29.5 Å². The number of rotatable bonds is 1. The van der Waals surface area contributed by atoms with Crippen molar-refractivity contribution in [2.24, 2.45) is 17.1 Å². The predicted octanol–water partition coefficient (Wildman–Crippen LogP) is 2.69. The summed E-state index contributed by atoms with van der Waals surface area (Å²) in [7, 11) is 1.91. The number of allylic oxidation sites excluding steroid dienone is 1. The molecule has 2 N–H and O–H groups in total. The Bertz CT molecular complexity index is 882. The predicted molar refractivity (Wildman–Crippen MR) is 93.7 cm³/mol. The van der Waals surface area contributed by atoms with Gasteiger partial charge in [-0.2, -0.15) is 15.8 Å². The zero-order valence-electron chi connectivity index (χ0n) is 13.6. The van der Waals surface area contributed by atoms with Crippen LogP contribution in [0.2, 0.25) is 5.02 Å². The lowest BCUT2D eigenvalue weighted by molar-refractivity contribution is 0.230. The average Bonchev–Trinajstić information content (AvgIpc) is 2.62. The molecule has 6 heteroatoms. The first kappa shape index (κ1) is 17.1. The number of hydrogen-bond donors (Lipinski definition) is 1. The van der Waals surface area contributed by atoms with E-state index in [1.54, 1.807) is 12.1 Å². The molecule has 0 spiro atoms. The van der Waals surface area contributed by atoms with Crippen LogP contribution in [-0.2, 0) is 0 Å². The number of halogens is 1. The molecule has 5 nitrogen and oxygen atoms in total. The molecule has 2 aliphatic rings. The van der Waals surface area contributed by atoms with Gasteiger partial charge >= 0.3 is 0 Å². The first-order valence-corrected chi connectivity index (χ1v) is 8.23. The van der Waals surface area contributed by atoms with Gasteiger partial charge in [-0.1, -0.05) is 29.8 Å². The molecule has 1 aliphatic heterocycles. The second-order valence-electron chi connectivity index (χ2n) is 6.41. The SMILES string of the molecule is CN1C=CC2=C(C#N)[C@@H](N)C(C#N)(C#N)[C@@H](c3ccccc3Cl)[C@H]2C1. The van der Waals surface area contributed by atoms with Crippen LogP contribution in [0.5, 0.6) is 0 Å². The Morgan fingerprint density at radius 2 is 1.92 bits per heavy atom. The highest BCUT2D eigenvalue weighted by Gasteiger charge is 2.56. The minimum Gasteiger partial charge on any atom is -0.380 e. The number of fused-ring (bicyclic) bond motifs is 1. The number of benzene rings is 1. The normalized spacial score (nSPS) is 27.0. The summed E-state index contributed by atoms with van der Waals surface area (Å²) in [5.74, 6) is -0.741. The number of nitrogens with zero attached hydrogens (tertiary/aromatic N) is 4. The van der Waals surface area contributed by atoms with Gasteiger partial charge in [0.1, 0.15) is 0 Å². The Balaban J connectivity index is 2.35. The molecule has 3 rings (SSSR count). The van der Waals surface area contributed by atoms with Crippen LogP contribution in [0.4, 0.5) is 0 Å². The molecule has 1 aromatic rings. The maximum absolute atomic E-state index is 9.94. The van der Waals surface area contributed by atoms with Gasteiger partial charge in [0.2, 0.25) is 0 Å². The minimum absolute atomic E-state index is 0.219. The molecule has 1 aliphatic carbocycles. The first-order valence-electron chi connectivity index (χ1n) is 7.85. The molecule has 0 unspecified atom stereocenters. The highest BCUT2D eigenvalue weighted by atomic mass is 35.5. The van der Waals surface area contributed by atoms with E-state index in [9.17, 15) is 15.8 Å². The lowest BCUT2D eigenvalue weighted by atomic mass is 9.56. The van der Waals surface area contributed by atoms with Gasteiger partial charge in [0.25, 0.3) is 0 Å². The van der Waals surface area contributed by atoms with Crippen molar-refractivity contribution in [3.05, 3.63) is 58.3 Å². The highest BCUT2D eigenvalue weighted by Crippen LogP contribution is 2.53. The van der Waals surface area contributed by atoms with Crippen LogP contribution in [0.3, 0.4) is 0 Å². The van der Waals surface area contributed by atoms with Crippen LogP contribution in [-0.4, -0.2) is 24.5 Å². The van der Waals surface area contributed by atoms with Gasteiger partial charge in [0.15, 0.2) is 5.41 Å². The molecule has 124 valence electrons. The summed E-state index contributed by atoms with van der Waals surface area (Å²) in [5.41, 5.74) is 6.54. The fourth-order valence-corrected chi connectivity index (χ4v) is 4.17. The number of hydrogen-bond acceptors (Lipinski definition) is 5. The van der Waals surface area contributed by atoms with Crippen LogP contribution in [0.25, 0.3) is 0 Å². The Morgan fingerprint density at radius 3 is 2.52 bits per heavy atom. The molecule has 0 amide bonds. The second kappa shape index (κ2) is 6.26. The van der Waals surface area contributed by atoms with E-state index >= 15 is 0 Å². The molecular weight excluding hydrogens is 334 g/mol. The summed E-state index contributed by atoms with van der Waals surface area (Å²) in [6.07, 6.45) is 3.74. The van der Waals surface area contributed by atoms with E-state index < -0.39 is 17.4 Å². The maximum Gasteiger partial charge on any atom is 0.171 e. The molecule has 3 atom stereocenters.